The molecule has 0 aliphatic rings. The molecule has 0 saturated carbocycles. The van der Waals surface area contributed by atoms with Crippen LogP contribution in [0.15, 0.2) is 6.20 Å². The van der Waals surface area contributed by atoms with Crippen LogP contribution in [-0.4, -0.2) is 9.97 Å². The summed E-state index contributed by atoms with van der Waals surface area (Å²) in [6.07, 6.45) is 1.91. The van der Waals surface area contributed by atoms with E-state index in [1.54, 1.807) is 0 Å². The Morgan fingerprint density at radius 3 is 2.31 bits per heavy atom. The minimum absolute atomic E-state index is 0.515. The lowest BCUT2D eigenvalue weighted by atomic mass is 9.92. The molecule has 0 aliphatic heterocycles. The van der Waals surface area contributed by atoms with Crippen LogP contribution in [0.1, 0.15) is 43.8 Å². The van der Waals surface area contributed by atoms with Crippen LogP contribution in [0.2, 0.25) is 0 Å². The summed E-state index contributed by atoms with van der Waals surface area (Å²) in [5.74, 6) is 2.02. The highest BCUT2D eigenvalue weighted by atomic mass is 14.9. The van der Waals surface area contributed by atoms with Gasteiger partial charge >= 0.3 is 0 Å². The average molecular weight is 178 g/mol. The average Bonchev–Trinajstić information content (AvgIpc) is 2.08. The summed E-state index contributed by atoms with van der Waals surface area (Å²) in [5, 5.41) is 0. The van der Waals surface area contributed by atoms with Gasteiger partial charge in [0, 0.05) is 12.1 Å². The first-order valence-electron chi connectivity index (χ1n) is 4.82. The Balaban J connectivity index is 3.05. The molecule has 1 rings (SSSR count). The van der Waals surface area contributed by atoms with Gasteiger partial charge in [0.1, 0.15) is 5.82 Å². The van der Waals surface area contributed by atoms with Crippen molar-refractivity contribution < 1.29 is 0 Å². The van der Waals surface area contributed by atoms with E-state index in [-0.39, 0.29) is 0 Å². The molecule has 0 aliphatic carbocycles. The third-order valence-corrected chi connectivity index (χ3v) is 2.56. The van der Waals surface area contributed by atoms with Crippen molar-refractivity contribution in [2.75, 3.05) is 0 Å². The molecular formula is C11H18N2. The van der Waals surface area contributed by atoms with Gasteiger partial charge in [-0.2, -0.15) is 0 Å². The molecule has 0 amide bonds. The summed E-state index contributed by atoms with van der Waals surface area (Å²) < 4.78 is 0. The van der Waals surface area contributed by atoms with Gasteiger partial charge in [0.2, 0.25) is 0 Å². The lowest BCUT2D eigenvalue weighted by Gasteiger charge is -2.17. The second-order valence-electron chi connectivity index (χ2n) is 4.02. The van der Waals surface area contributed by atoms with Gasteiger partial charge in [-0.15, -0.1) is 0 Å². The molecule has 1 atom stereocenters. The molecule has 0 radical (unpaired) electrons. The summed E-state index contributed by atoms with van der Waals surface area (Å²) >= 11 is 0. The number of hydrogen-bond donors (Lipinski definition) is 0. The zero-order valence-electron chi connectivity index (χ0n) is 9.13. The Kier molecular flexibility index (Phi) is 3.02. The summed E-state index contributed by atoms with van der Waals surface area (Å²) in [5.41, 5.74) is 2.40. The SMILES string of the molecule is Cc1ncc(C)c(C(C)C(C)C)n1. The minimum atomic E-state index is 0.515. The Morgan fingerprint density at radius 2 is 1.77 bits per heavy atom. The smallest absolute Gasteiger partial charge is 0.125 e. The maximum atomic E-state index is 4.48. The van der Waals surface area contributed by atoms with Gasteiger partial charge in [-0.3, -0.25) is 0 Å². The quantitative estimate of drug-likeness (QED) is 0.696. The normalized spacial score (nSPS) is 13.4. The number of hydrogen-bond acceptors (Lipinski definition) is 2. The van der Waals surface area contributed by atoms with Crippen molar-refractivity contribution in [2.45, 2.75) is 40.5 Å². The van der Waals surface area contributed by atoms with E-state index in [1.165, 1.54) is 11.3 Å². The number of aryl methyl sites for hydroxylation is 2. The Hall–Kier alpha value is -0.920. The van der Waals surface area contributed by atoms with Gasteiger partial charge in [-0.05, 0) is 25.3 Å². The van der Waals surface area contributed by atoms with Gasteiger partial charge in [-0.1, -0.05) is 20.8 Å². The van der Waals surface area contributed by atoms with E-state index < -0.39 is 0 Å². The van der Waals surface area contributed by atoms with E-state index >= 15 is 0 Å². The maximum Gasteiger partial charge on any atom is 0.125 e. The van der Waals surface area contributed by atoms with E-state index in [4.69, 9.17) is 0 Å². The van der Waals surface area contributed by atoms with Crippen LogP contribution in [0.3, 0.4) is 0 Å². The fraction of sp³-hybridized carbons (Fsp3) is 0.636. The molecule has 0 bridgehead atoms. The van der Waals surface area contributed by atoms with Crippen molar-refractivity contribution in [3.05, 3.63) is 23.3 Å². The standard InChI is InChI=1S/C11H18N2/c1-7(2)9(4)11-8(3)6-12-10(5)13-11/h6-7,9H,1-5H3. The molecule has 0 N–H and O–H groups in total. The molecule has 2 nitrogen and oxygen atoms in total. The Labute approximate surface area is 80.4 Å². The van der Waals surface area contributed by atoms with Crippen LogP contribution in [0.5, 0.6) is 0 Å². The van der Waals surface area contributed by atoms with E-state index in [0.29, 0.717) is 11.8 Å². The molecule has 0 fully saturated rings. The Morgan fingerprint density at radius 1 is 1.15 bits per heavy atom. The second kappa shape index (κ2) is 3.86. The van der Waals surface area contributed by atoms with Crippen molar-refractivity contribution in [3.8, 4) is 0 Å². The predicted octanol–water partition coefficient (Wildman–Crippen LogP) is 2.85. The molecule has 1 aromatic rings. The molecule has 1 unspecified atom stereocenters. The highest BCUT2D eigenvalue weighted by molar-refractivity contribution is 5.19. The first-order valence-corrected chi connectivity index (χ1v) is 4.82. The summed E-state index contributed by atoms with van der Waals surface area (Å²) in [6, 6.07) is 0. The van der Waals surface area contributed by atoms with E-state index in [2.05, 4.69) is 37.7 Å². The maximum absolute atomic E-state index is 4.48. The minimum Gasteiger partial charge on any atom is -0.241 e. The van der Waals surface area contributed by atoms with Gasteiger partial charge in [0.15, 0.2) is 0 Å². The molecule has 1 aromatic heterocycles. The number of nitrogens with zero attached hydrogens (tertiary/aromatic N) is 2. The van der Waals surface area contributed by atoms with E-state index in [1.807, 2.05) is 13.1 Å². The van der Waals surface area contributed by atoms with Crippen molar-refractivity contribution in [2.24, 2.45) is 5.92 Å². The number of rotatable bonds is 2. The largest absolute Gasteiger partial charge is 0.241 e. The van der Waals surface area contributed by atoms with E-state index in [9.17, 15) is 0 Å². The molecule has 72 valence electrons. The molecule has 0 aromatic carbocycles. The zero-order valence-corrected chi connectivity index (χ0v) is 9.13. The van der Waals surface area contributed by atoms with E-state index in [0.717, 1.165) is 5.82 Å². The van der Waals surface area contributed by atoms with Gasteiger partial charge in [0.25, 0.3) is 0 Å². The van der Waals surface area contributed by atoms with Crippen LogP contribution in [0, 0.1) is 19.8 Å². The third-order valence-electron chi connectivity index (χ3n) is 2.56. The van der Waals surface area contributed by atoms with Crippen molar-refractivity contribution in [1.82, 2.24) is 9.97 Å². The lowest BCUT2D eigenvalue weighted by Crippen LogP contribution is -2.08. The fourth-order valence-corrected chi connectivity index (χ4v) is 1.32. The molecule has 2 heteroatoms. The first kappa shape index (κ1) is 10.2. The molecule has 0 saturated heterocycles. The third kappa shape index (κ3) is 2.27. The van der Waals surface area contributed by atoms with Crippen molar-refractivity contribution in [3.63, 3.8) is 0 Å². The van der Waals surface area contributed by atoms with Crippen LogP contribution >= 0.6 is 0 Å². The lowest BCUT2D eigenvalue weighted by molar-refractivity contribution is 0.518. The van der Waals surface area contributed by atoms with Crippen molar-refractivity contribution in [1.29, 1.82) is 0 Å². The first-order chi connectivity index (χ1) is 6.02. The molecule has 1 heterocycles. The Bertz CT molecular complexity index is 292. The highest BCUT2D eigenvalue weighted by Crippen LogP contribution is 2.23. The molecule has 0 spiro atoms. The topological polar surface area (TPSA) is 25.8 Å². The van der Waals surface area contributed by atoms with Crippen LogP contribution in [-0.2, 0) is 0 Å². The van der Waals surface area contributed by atoms with Gasteiger partial charge in [-0.25, -0.2) is 9.97 Å². The monoisotopic (exact) mass is 178 g/mol. The predicted molar refractivity (Wildman–Crippen MR) is 54.8 cm³/mol. The van der Waals surface area contributed by atoms with Crippen LogP contribution in [0.25, 0.3) is 0 Å². The van der Waals surface area contributed by atoms with Crippen LogP contribution < -0.4 is 0 Å². The second-order valence-corrected chi connectivity index (χ2v) is 4.02. The van der Waals surface area contributed by atoms with Gasteiger partial charge in [0.05, 0.1) is 5.69 Å². The fourth-order valence-electron chi connectivity index (χ4n) is 1.32. The zero-order chi connectivity index (χ0) is 10.0. The molecule has 13 heavy (non-hydrogen) atoms. The summed E-state index contributed by atoms with van der Waals surface area (Å²) in [7, 11) is 0. The summed E-state index contributed by atoms with van der Waals surface area (Å²) in [4.78, 5) is 8.65. The molecular weight excluding hydrogens is 160 g/mol. The summed E-state index contributed by atoms with van der Waals surface area (Å²) in [6.45, 7) is 10.7. The van der Waals surface area contributed by atoms with Crippen molar-refractivity contribution >= 4 is 0 Å². The van der Waals surface area contributed by atoms with Gasteiger partial charge < -0.3 is 0 Å². The highest BCUT2D eigenvalue weighted by Gasteiger charge is 2.14. The van der Waals surface area contributed by atoms with Crippen LogP contribution in [0.4, 0.5) is 0 Å². The number of aromatic nitrogens is 2.